The number of amides is 2. The van der Waals surface area contributed by atoms with E-state index in [1.807, 2.05) is 13.0 Å². The Hall–Kier alpha value is -2.13. The molecule has 180 valence electrons. The van der Waals surface area contributed by atoms with Gasteiger partial charge in [-0.05, 0) is 51.5 Å². The highest BCUT2D eigenvalue weighted by Gasteiger charge is 2.30. The summed E-state index contributed by atoms with van der Waals surface area (Å²) < 4.78 is 2.20. The summed E-state index contributed by atoms with van der Waals surface area (Å²) >= 11 is 1.59. The van der Waals surface area contributed by atoms with Crippen molar-refractivity contribution in [1.29, 1.82) is 0 Å². The van der Waals surface area contributed by atoms with Crippen molar-refractivity contribution in [2.75, 3.05) is 26.2 Å². The fourth-order valence-electron chi connectivity index (χ4n) is 5.88. The molecule has 3 heterocycles. The molecule has 2 aromatic heterocycles. The normalized spacial score (nSPS) is 25.4. The van der Waals surface area contributed by atoms with Crippen molar-refractivity contribution in [2.45, 2.75) is 82.8 Å². The highest BCUT2D eigenvalue weighted by Crippen LogP contribution is 2.35. The monoisotopic (exact) mass is 473 g/mol. The number of aromatic nitrogens is 2. The van der Waals surface area contributed by atoms with Crippen LogP contribution in [0.25, 0.3) is 10.2 Å². The van der Waals surface area contributed by atoms with Gasteiger partial charge in [0.1, 0.15) is 4.83 Å². The van der Waals surface area contributed by atoms with Crippen LogP contribution in [0, 0.1) is 6.92 Å². The summed E-state index contributed by atoms with van der Waals surface area (Å²) in [6, 6.07) is 3.22. The maximum atomic E-state index is 13.1. The maximum absolute atomic E-state index is 13.1. The molecule has 8 nitrogen and oxygen atoms in total. The average molecular weight is 474 g/mol. The number of fused-ring (bicyclic) bond motifs is 1. The number of thiophene rings is 1. The smallest absolute Gasteiger partial charge is 0.407 e. The van der Waals surface area contributed by atoms with Gasteiger partial charge in [-0.25, -0.2) is 4.79 Å². The third-order valence-corrected chi connectivity index (χ3v) is 8.97. The summed E-state index contributed by atoms with van der Waals surface area (Å²) in [5.41, 5.74) is 1.02. The molecule has 2 saturated carbocycles. The lowest BCUT2D eigenvalue weighted by molar-refractivity contribution is 0.0681. The number of nitrogens with one attached hydrogen (secondary N) is 1. The van der Waals surface area contributed by atoms with Crippen LogP contribution in [0.4, 0.5) is 4.79 Å². The van der Waals surface area contributed by atoms with Gasteiger partial charge >= 0.3 is 6.09 Å². The van der Waals surface area contributed by atoms with Crippen LogP contribution < -0.4 is 5.32 Å². The topological polar surface area (TPSA) is 90.7 Å². The first-order valence-corrected chi connectivity index (χ1v) is 13.3. The van der Waals surface area contributed by atoms with Gasteiger partial charge in [0.2, 0.25) is 0 Å². The Kier molecular flexibility index (Phi) is 6.60. The molecule has 0 atom stereocenters. The summed E-state index contributed by atoms with van der Waals surface area (Å²) in [4.78, 5) is 30.1. The van der Waals surface area contributed by atoms with Gasteiger partial charge in [-0.2, -0.15) is 5.10 Å². The van der Waals surface area contributed by atoms with E-state index in [1.54, 1.807) is 11.3 Å². The lowest BCUT2D eigenvalue weighted by atomic mass is 9.89. The van der Waals surface area contributed by atoms with Gasteiger partial charge in [0.05, 0.1) is 16.6 Å². The molecule has 2 amide bonds. The van der Waals surface area contributed by atoms with Crippen LogP contribution in [-0.2, 0) is 0 Å². The zero-order valence-corrected chi connectivity index (χ0v) is 20.3. The Labute approximate surface area is 198 Å². The molecule has 0 unspecified atom stereocenters. The predicted octanol–water partition coefficient (Wildman–Crippen LogP) is 4.25. The Morgan fingerprint density at radius 3 is 2.36 bits per heavy atom. The number of nitrogens with zero attached hydrogens (tertiary/aromatic N) is 4. The molecule has 1 aliphatic heterocycles. The zero-order chi connectivity index (χ0) is 22.9. The lowest BCUT2D eigenvalue weighted by Crippen LogP contribution is -2.53. The number of hydrogen-bond acceptors (Lipinski definition) is 5. The fourth-order valence-corrected chi connectivity index (χ4v) is 7.01. The second-order valence-electron chi connectivity index (χ2n) is 9.94. The van der Waals surface area contributed by atoms with E-state index in [2.05, 4.69) is 14.9 Å². The summed E-state index contributed by atoms with van der Waals surface area (Å²) in [5.74, 6) is 0.0457. The first kappa shape index (κ1) is 22.7. The van der Waals surface area contributed by atoms with Crippen LogP contribution in [0.3, 0.4) is 0 Å². The first-order chi connectivity index (χ1) is 16.0. The van der Waals surface area contributed by atoms with E-state index in [0.717, 1.165) is 59.6 Å². The molecular weight excluding hydrogens is 438 g/mol. The molecule has 3 fully saturated rings. The van der Waals surface area contributed by atoms with Crippen LogP contribution in [0.15, 0.2) is 6.07 Å². The van der Waals surface area contributed by atoms with Gasteiger partial charge in [-0.15, -0.1) is 11.3 Å². The van der Waals surface area contributed by atoms with E-state index in [1.165, 1.54) is 37.0 Å². The Morgan fingerprint density at radius 2 is 1.70 bits per heavy atom. The molecular formula is C24H35N5O3S. The van der Waals surface area contributed by atoms with Crippen molar-refractivity contribution in [3.05, 3.63) is 16.6 Å². The van der Waals surface area contributed by atoms with Gasteiger partial charge in [-0.1, -0.05) is 19.3 Å². The number of rotatable bonds is 4. The molecule has 33 heavy (non-hydrogen) atoms. The predicted molar refractivity (Wildman–Crippen MR) is 129 cm³/mol. The summed E-state index contributed by atoms with van der Waals surface area (Å²) in [6.07, 6.45) is 9.48. The molecule has 2 N–H and O–H groups in total. The van der Waals surface area contributed by atoms with E-state index in [0.29, 0.717) is 25.2 Å². The largest absolute Gasteiger partial charge is 0.465 e. The van der Waals surface area contributed by atoms with E-state index in [9.17, 15) is 9.59 Å². The van der Waals surface area contributed by atoms with Crippen molar-refractivity contribution >= 4 is 33.6 Å². The molecule has 5 rings (SSSR count). The third kappa shape index (κ3) is 4.75. The van der Waals surface area contributed by atoms with Crippen molar-refractivity contribution in [2.24, 2.45) is 0 Å². The average Bonchev–Trinajstić information content (AvgIpc) is 3.41. The minimum absolute atomic E-state index is 0.0457. The SMILES string of the molecule is Cc1nn(C2CCCCC2)c2sc(C(=O)NC3CCC(N4CCN(C(=O)O)CC4)CC3)cc12. The second kappa shape index (κ2) is 9.62. The molecule has 9 heteroatoms. The van der Waals surface area contributed by atoms with Gasteiger partial charge in [0, 0.05) is 43.6 Å². The van der Waals surface area contributed by atoms with Crippen molar-refractivity contribution in [3.63, 3.8) is 0 Å². The van der Waals surface area contributed by atoms with Gasteiger partial charge in [0.25, 0.3) is 5.91 Å². The highest BCUT2D eigenvalue weighted by molar-refractivity contribution is 7.20. The second-order valence-corrected chi connectivity index (χ2v) is 11.0. The van der Waals surface area contributed by atoms with E-state index in [4.69, 9.17) is 10.2 Å². The molecule has 0 radical (unpaired) electrons. The number of carbonyl (C=O) groups excluding carboxylic acids is 1. The molecule has 2 aliphatic carbocycles. The zero-order valence-electron chi connectivity index (χ0n) is 19.5. The lowest BCUT2D eigenvalue weighted by Gasteiger charge is -2.41. The quantitative estimate of drug-likeness (QED) is 0.693. The molecule has 1 saturated heterocycles. The van der Waals surface area contributed by atoms with Crippen LogP contribution in [0.2, 0.25) is 0 Å². The Balaban J connectivity index is 1.17. The van der Waals surface area contributed by atoms with E-state index >= 15 is 0 Å². The molecule has 2 aromatic rings. The molecule has 3 aliphatic rings. The summed E-state index contributed by atoms with van der Waals surface area (Å²) in [5, 5.41) is 18.4. The number of piperazine rings is 1. The van der Waals surface area contributed by atoms with Gasteiger partial charge in [0.15, 0.2) is 0 Å². The summed E-state index contributed by atoms with van der Waals surface area (Å²) in [6.45, 7) is 4.86. The molecule has 0 bridgehead atoms. The number of carboxylic acid groups (broad SMARTS) is 1. The van der Waals surface area contributed by atoms with Crippen LogP contribution in [0.5, 0.6) is 0 Å². The van der Waals surface area contributed by atoms with Crippen LogP contribution in [0.1, 0.15) is 79.2 Å². The first-order valence-electron chi connectivity index (χ1n) is 12.5. The number of carbonyl (C=O) groups is 2. The van der Waals surface area contributed by atoms with Crippen molar-refractivity contribution < 1.29 is 14.7 Å². The highest BCUT2D eigenvalue weighted by atomic mass is 32.1. The molecule has 0 spiro atoms. The van der Waals surface area contributed by atoms with Gasteiger partial charge < -0.3 is 15.3 Å². The van der Waals surface area contributed by atoms with Crippen LogP contribution in [-0.4, -0.2) is 74.9 Å². The van der Waals surface area contributed by atoms with Crippen LogP contribution >= 0.6 is 11.3 Å². The van der Waals surface area contributed by atoms with Crippen molar-refractivity contribution in [3.8, 4) is 0 Å². The van der Waals surface area contributed by atoms with E-state index < -0.39 is 6.09 Å². The minimum atomic E-state index is -0.816. The Bertz CT molecular complexity index is 995. The van der Waals surface area contributed by atoms with E-state index in [-0.39, 0.29) is 11.9 Å². The van der Waals surface area contributed by atoms with Crippen molar-refractivity contribution in [1.82, 2.24) is 24.9 Å². The summed E-state index contributed by atoms with van der Waals surface area (Å²) in [7, 11) is 0. The Morgan fingerprint density at radius 1 is 1.00 bits per heavy atom. The van der Waals surface area contributed by atoms with Gasteiger partial charge in [-0.3, -0.25) is 14.4 Å². The molecule has 0 aromatic carbocycles. The maximum Gasteiger partial charge on any atom is 0.407 e. The standard InChI is InChI=1S/C24H35N5O3S/c1-16-20-15-21(33-23(20)29(26-16)19-5-3-2-4-6-19)22(30)25-17-7-9-18(10-8-17)27-11-13-28(14-12-27)24(31)32/h15,17-19H,2-14H2,1H3,(H,25,30)(H,31,32). The minimum Gasteiger partial charge on any atom is -0.465 e. The third-order valence-electron chi connectivity index (χ3n) is 7.85. The number of aryl methyl sites for hydroxylation is 1. The number of hydrogen-bond donors (Lipinski definition) is 2. The fraction of sp³-hybridized carbons (Fsp3) is 0.708.